The number of rotatable bonds is 7. The van der Waals surface area contributed by atoms with Crippen LogP contribution in [0.3, 0.4) is 0 Å². The van der Waals surface area contributed by atoms with Crippen molar-refractivity contribution in [1.82, 2.24) is 19.9 Å². The van der Waals surface area contributed by atoms with Gasteiger partial charge in [0.25, 0.3) is 0 Å². The van der Waals surface area contributed by atoms with Crippen molar-refractivity contribution in [2.75, 3.05) is 26.2 Å². The lowest BCUT2D eigenvalue weighted by Crippen LogP contribution is -2.42. The van der Waals surface area contributed by atoms with Crippen molar-refractivity contribution in [2.24, 2.45) is 11.8 Å². The molecule has 1 aliphatic carbocycles. The number of ketones is 1. The molecule has 2 fully saturated rings. The quantitative estimate of drug-likeness (QED) is 0.324. The highest BCUT2D eigenvalue weighted by molar-refractivity contribution is 6.05. The summed E-state index contributed by atoms with van der Waals surface area (Å²) in [6.45, 7) is 2.48. The van der Waals surface area contributed by atoms with Gasteiger partial charge in [0.1, 0.15) is 11.6 Å². The summed E-state index contributed by atoms with van der Waals surface area (Å²) in [4.78, 5) is 27.6. The van der Waals surface area contributed by atoms with Crippen molar-refractivity contribution in [1.29, 1.82) is 0 Å². The van der Waals surface area contributed by atoms with E-state index in [9.17, 15) is 13.6 Å². The molecule has 198 valence electrons. The Labute approximate surface area is 220 Å². The molecule has 2 aliphatic rings. The molecule has 6 rings (SSSR count). The molecule has 0 amide bonds. The predicted octanol–water partition coefficient (Wildman–Crippen LogP) is 6.02. The van der Waals surface area contributed by atoms with Crippen LogP contribution in [0.5, 0.6) is 5.75 Å². The van der Waals surface area contributed by atoms with Crippen molar-refractivity contribution in [2.45, 2.75) is 44.4 Å². The lowest BCUT2D eigenvalue weighted by Gasteiger charge is -2.34. The Hall–Kier alpha value is -3.39. The van der Waals surface area contributed by atoms with E-state index in [1.54, 1.807) is 0 Å². The van der Waals surface area contributed by atoms with Crippen LogP contribution in [0.1, 0.15) is 50.0 Å². The molecule has 6 nitrogen and oxygen atoms in total. The number of Topliss-reactive ketones (excluding diaryl/α,β-unsaturated/α-hetero) is 1. The van der Waals surface area contributed by atoms with Crippen molar-refractivity contribution in [3.63, 3.8) is 0 Å². The number of H-pyrrole nitrogens is 1. The Kier molecular flexibility index (Phi) is 7.06. The lowest BCUT2D eigenvalue weighted by molar-refractivity contribution is -0.125. The fourth-order valence-corrected chi connectivity index (χ4v) is 6.33. The molecule has 1 aromatic carbocycles. The number of fused-ring (bicyclic) bond motifs is 3. The van der Waals surface area contributed by atoms with E-state index in [0.29, 0.717) is 24.9 Å². The van der Waals surface area contributed by atoms with E-state index in [2.05, 4.69) is 25.9 Å². The van der Waals surface area contributed by atoms with Crippen molar-refractivity contribution >= 4 is 27.7 Å². The van der Waals surface area contributed by atoms with E-state index in [1.807, 2.05) is 24.7 Å². The van der Waals surface area contributed by atoms with Gasteiger partial charge in [-0.05, 0) is 80.8 Å². The highest BCUT2D eigenvalue weighted by Gasteiger charge is 2.30. The lowest BCUT2D eigenvalue weighted by atomic mass is 9.76. The summed E-state index contributed by atoms with van der Waals surface area (Å²) in [6.07, 6.45) is 11.4. The number of benzene rings is 1. The van der Waals surface area contributed by atoms with Gasteiger partial charge in [0.15, 0.2) is 17.2 Å². The topological polar surface area (TPSA) is 71.1 Å². The van der Waals surface area contributed by atoms with Gasteiger partial charge < -0.3 is 9.72 Å². The number of piperidine rings is 1. The Balaban J connectivity index is 1.04. The van der Waals surface area contributed by atoms with Crippen molar-refractivity contribution in [3.8, 4) is 5.75 Å². The van der Waals surface area contributed by atoms with Crippen LogP contribution in [0, 0.1) is 23.5 Å². The fourth-order valence-electron chi connectivity index (χ4n) is 6.33. The van der Waals surface area contributed by atoms with Crippen LogP contribution in [-0.2, 0) is 4.79 Å². The molecule has 0 spiro atoms. The van der Waals surface area contributed by atoms with Crippen molar-refractivity contribution in [3.05, 3.63) is 66.1 Å². The average Bonchev–Trinajstić information content (AvgIpc) is 3.42. The van der Waals surface area contributed by atoms with Gasteiger partial charge in [0, 0.05) is 47.6 Å². The Morgan fingerprint density at radius 1 is 1.08 bits per heavy atom. The predicted molar refractivity (Wildman–Crippen MR) is 142 cm³/mol. The molecule has 1 aliphatic heterocycles. The molecule has 4 aromatic rings. The molecular formula is C30H32F2N4O2. The van der Waals surface area contributed by atoms with E-state index < -0.39 is 11.6 Å². The third-order valence-electron chi connectivity index (χ3n) is 8.30. The zero-order valence-corrected chi connectivity index (χ0v) is 21.3. The summed E-state index contributed by atoms with van der Waals surface area (Å²) in [6, 6.07) is 7.58. The molecule has 0 radical (unpaired) electrons. The minimum atomic E-state index is -0.683. The first-order valence-electron chi connectivity index (χ1n) is 13.6. The second-order valence-electron chi connectivity index (χ2n) is 10.8. The first-order chi connectivity index (χ1) is 18.5. The molecule has 0 bridgehead atoms. The Bertz CT molecular complexity index is 1450. The molecule has 1 atom stereocenters. The van der Waals surface area contributed by atoms with Gasteiger partial charge in [0.05, 0.1) is 24.9 Å². The molecular weight excluding hydrogens is 486 g/mol. The third kappa shape index (κ3) is 5.14. The number of nitrogens with zero attached hydrogens (tertiary/aromatic N) is 3. The molecule has 1 unspecified atom stereocenters. The number of likely N-dealkylation sites (tertiary alicyclic amines) is 1. The molecule has 38 heavy (non-hydrogen) atoms. The highest BCUT2D eigenvalue weighted by atomic mass is 19.1. The minimum Gasteiger partial charge on any atom is -0.490 e. The number of pyridine rings is 2. The molecule has 3 aromatic heterocycles. The summed E-state index contributed by atoms with van der Waals surface area (Å²) in [5.74, 6) is -0.162. The van der Waals surface area contributed by atoms with Gasteiger partial charge in [-0.1, -0.05) is 0 Å². The number of halogens is 2. The second kappa shape index (κ2) is 10.8. The number of aromatic amines is 1. The summed E-state index contributed by atoms with van der Waals surface area (Å²) < 4.78 is 32.7. The Morgan fingerprint density at radius 3 is 2.79 bits per heavy atom. The van der Waals surface area contributed by atoms with Crippen LogP contribution in [0.2, 0.25) is 0 Å². The summed E-state index contributed by atoms with van der Waals surface area (Å²) >= 11 is 0. The number of carbonyl (C=O) groups is 1. The largest absolute Gasteiger partial charge is 0.490 e. The standard InChI is InChI=1S/C30H32F2N4O2/c31-22-7-8-28(25(32)14-22)38-18-19-2-1-13-36(16-19)17-27(37)21-5-3-20(4-6-21)23-9-11-33-26-15-35-30-24(29(23)26)10-12-34-30/h7-12,14-15,19-21,33H,1-6,13,16-18H2. The number of nitrogens with one attached hydrogen (secondary N) is 1. The monoisotopic (exact) mass is 518 g/mol. The fraction of sp³-hybridized carbons (Fsp3) is 0.433. The summed E-state index contributed by atoms with van der Waals surface area (Å²) in [5.41, 5.74) is 3.11. The number of hydrogen-bond acceptors (Lipinski definition) is 5. The summed E-state index contributed by atoms with van der Waals surface area (Å²) in [7, 11) is 0. The van der Waals surface area contributed by atoms with E-state index in [-0.39, 0.29) is 17.6 Å². The van der Waals surface area contributed by atoms with Gasteiger partial charge >= 0.3 is 0 Å². The second-order valence-corrected chi connectivity index (χ2v) is 10.8. The van der Waals surface area contributed by atoms with Gasteiger partial charge in [-0.25, -0.2) is 18.7 Å². The smallest absolute Gasteiger partial charge is 0.167 e. The van der Waals surface area contributed by atoms with Crippen LogP contribution in [0.15, 0.2) is 48.9 Å². The number of ether oxygens (including phenoxy) is 1. The zero-order valence-electron chi connectivity index (χ0n) is 21.3. The Morgan fingerprint density at radius 2 is 1.95 bits per heavy atom. The molecule has 1 saturated carbocycles. The van der Waals surface area contributed by atoms with Crippen LogP contribution in [0.4, 0.5) is 8.78 Å². The normalized spacial score (nSPS) is 22.6. The highest BCUT2D eigenvalue weighted by Crippen LogP contribution is 2.40. The van der Waals surface area contributed by atoms with Crippen LogP contribution >= 0.6 is 0 Å². The molecule has 1 N–H and O–H groups in total. The molecule has 4 heterocycles. The van der Waals surface area contributed by atoms with Gasteiger partial charge in [-0.3, -0.25) is 9.69 Å². The maximum absolute atomic E-state index is 13.9. The first-order valence-corrected chi connectivity index (χ1v) is 13.6. The number of aromatic nitrogens is 3. The van der Waals surface area contributed by atoms with Gasteiger partial charge in [-0.2, -0.15) is 0 Å². The van der Waals surface area contributed by atoms with E-state index in [4.69, 9.17) is 4.74 Å². The first kappa shape index (κ1) is 24.9. The van der Waals surface area contributed by atoms with E-state index in [0.717, 1.165) is 74.2 Å². The van der Waals surface area contributed by atoms with E-state index in [1.165, 1.54) is 23.1 Å². The van der Waals surface area contributed by atoms with Crippen LogP contribution in [-0.4, -0.2) is 51.9 Å². The average molecular weight is 519 g/mol. The van der Waals surface area contributed by atoms with Crippen molar-refractivity contribution < 1.29 is 18.3 Å². The van der Waals surface area contributed by atoms with Crippen LogP contribution < -0.4 is 4.74 Å². The maximum Gasteiger partial charge on any atom is 0.167 e. The minimum absolute atomic E-state index is 0.0760. The SMILES string of the molecule is O=C(CN1CCCC(COc2ccc(F)cc2F)C1)C1CCC(c2cc[nH]c3cnc4nccc4c23)CC1. The van der Waals surface area contributed by atoms with Gasteiger partial charge in [-0.15, -0.1) is 0 Å². The van der Waals surface area contributed by atoms with Gasteiger partial charge in [0.2, 0.25) is 0 Å². The molecule has 1 saturated heterocycles. The summed E-state index contributed by atoms with van der Waals surface area (Å²) in [5, 5.41) is 2.28. The third-order valence-corrected chi connectivity index (χ3v) is 8.30. The number of carbonyl (C=O) groups excluding carboxylic acids is 1. The zero-order chi connectivity index (χ0) is 26.1. The van der Waals surface area contributed by atoms with Crippen LogP contribution in [0.25, 0.3) is 21.9 Å². The van der Waals surface area contributed by atoms with E-state index >= 15 is 0 Å². The number of hydrogen-bond donors (Lipinski definition) is 1. The molecule has 8 heteroatoms. The maximum atomic E-state index is 13.9.